The summed E-state index contributed by atoms with van der Waals surface area (Å²) in [4.78, 5) is 0. The molecule has 0 amide bonds. The molecule has 0 saturated heterocycles. The summed E-state index contributed by atoms with van der Waals surface area (Å²) < 4.78 is 51.7. The van der Waals surface area contributed by atoms with Crippen molar-refractivity contribution in [2.75, 3.05) is 17.8 Å². The van der Waals surface area contributed by atoms with E-state index in [2.05, 4.69) is 11.8 Å². The zero-order chi connectivity index (χ0) is 12.8. The van der Waals surface area contributed by atoms with Crippen LogP contribution in [-0.2, 0) is 20.0 Å². The fourth-order valence-electron chi connectivity index (χ4n) is 1.25. The zero-order valence-electron chi connectivity index (χ0n) is 9.30. The largest absolute Gasteiger partial charge is 0.286 e. The van der Waals surface area contributed by atoms with Crippen molar-refractivity contribution in [2.45, 2.75) is 19.8 Å². The second-order valence-corrected chi connectivity index (χ2v) is 7.37. The van der Waals surface area contributed by atoms with Gasteiger partial charge in [0, 0.05) is 17.9 Å². The van der Waals surface area contributed by atoms with E-state index in [0.29, 0.717) is 12.8 Å². The standard InChI is InChI=1S/C9H16O5S2/c1-3-5-9(8-16(12,13)14)6-4-7-15(2,10)11/h9H,4,6-8H2,1-2H3,(H,12,13,14). The number of rotatable bonds is 6. The molecule has 0 saturated carbocycles. The highest BCUT2D eigenvalue weighted by atomic mass is 32.2. The van der Waals surface area contributed by atoms with Crippen LogP contribution in [0.4, 0.5) is 0 Å². The molecule has 0 aromatic carbocycles. The van der Waals surface area contributed by atoms with Crippen LogP contribution in [-0.4, -0.2) is 39.1 Å². The smallest absolute Gasteiger partial charge is 0.266 e. The maximum absolute atomic E-state index is 10.9. The molecule has 7 heteroatoms. The Morgan fingerprint density at radius 3 is 2.19 bits per heavy atom. The third kappa shape index (κ3) is 9.96. The van der Waals surface area contributed by atoms with Crippen LogP contribution < -0.4 is 0 Å². The van der Waals surface area contributed by atoms with Crippen LogP contribution in [0.2, 0.25) is 0 Å². The summed E-state index contributed by atoms with van der Waals surface area (Å²) in [5.41, 5.74) is 0. The van der Waals surface area contributed by atoms with Gasteiger partial charge in [0.1, 0.15) is 9.84 Å². The number of sulfone groups is 1. The molecule has 0 heterocycles. The van der Waals surface area contributed by atoms with Gasteiger partial charge >= 0.3 is 0 Å². The Kier molecular flexibility index (Phi) is 6.00. The predicted molar refractivity (Wildman–Crippen MR) is 62.3 cm³/mol. The van der Waals surface area contributed by atoms with Crippen LogP contribution in [0.3, 0.4) is 0 Å². The summed E-state index contributed by atoms with van der Waals surface area (Å²) in [7, 11) is -7.10. The van der Waals surface area contributed by atoms with E-state index in [1.165, 1.54) is 0 Å². The van der Waals surface area contributed by atoms with Gasteiger partial charge in [0.25, 0.3) is 10.1 Å². The first kappa shape index (κ1) is 15.4. The highest BCUT2D eigenvalue weighted by molar-refractivity contribution is 7.90. The van der Waals surface area contributed by atoms with Gasteiger partial charge in [-0.15, -0.1) is 5.92 Å². The van der Waals surface area contributed by atoms with Crippen molar-refractivity contribution >= 4 is 20.0 Å². The second-order valence-electron chi connectivity index (χ2n) is 3.61. The Morgan fingerprint density at radius 1 is 1.25 bits per heavy atom. The minimum atomic E-state index is -4.06. The van der Waals surface area contributed by atoms with Crippen LogP contribution in [0.25, 0.3) is 0 Å². The van der Waals surface area contributed by atoms with Crippen LogP contribution in [0.5, 0.6) is 0 Å². The van der Waals surface area contributed by atoms with Gasteiger partial charge in [-0.3, -0.25) is 4.55 Å². The molecule has 5 nitrogen and oxygen atoms in total. The van der Waals surface area contributed by atoms with E-state index in [9.17, 15) is 16.8 Å². The Morgan fingerprint density at radius 2 is 1.81 bits per heavy atom. The molecule has 0 bridgehead atoms. The van der Waals surface area contributed by atoms with Crippen molar-refractivity contribution in [1.82, 2.24) is 0 Å². The highest BCUT2D eigenvalue weighted by Crippen LogP contribution is 2.09. The minimum absolute atomic E-state index is 0.000368. The van der Waals surface area contributed by atoms with Crippen molar-refractivity contribution in [1.29, 1.82) is 0 Å². The average Bonchev–Trinajstić information content (AvgIpc) is 1.98. The maximum Gasteiger partial charge on any atom is 0.266 e. The lowest BCUT2D eigenvalue weighted by atomic mass is 10.1. The van der Waals surface area contributed by atoms with Crippen LogP contribution >= 0.6 is 0 Å². The SMILES string of the molecule is CC#CC(CCCS(C)(=O)=O)CS(=O)(=O)O. The third-order valence-corrected chi connectivity index (χ3v) is 3.68. The molecule has 94 valence electrons. The molecule has 16 heavy (non-hydrogen) atoms. The third-order valence-electron chi connectivity index (χ3n) is 1.83. The molecule has 0 radical (unpaired) electrons. The molecular weight excluding hydrogens is 252 g/mol. The molecular formula is C9H16O5S2. The van der Waals surface area contributed by atoms with Gasteiger partial charge in [-0.05, 0) is 19.8 Å². The minimum Gasteiger partial charge on any atom is -0.286 e. The van der Waals surface area contributed by atoms with Gasteiger partial charge in [-0.2, -0.15) is 8.42 Å². The lowest BCUT2D eigenvalue weighted by Crippen LogP contribution is -2.15. The molecule has 0 aromatic rings. The summed E-state index contributed by atoms with van der Waals surface area (Å²) >= 11 is 0. The predicted octanol–water partition coefficient (Wildman–Crippen LogP) is 0.339. The normalized spacial score (nSPS) is 13.9. The van der Waals surface area contributed by atoms with E-state index in [1.807, 2.05) is 0 Å². The van der Waals surface area contributed by atoms with Gasteiger partial charge < -0.3 is 0 Å². The lowest BCUT2D eigenvalue weighted by molar-refractivity contribution is 0.472. The Bertz CT molecular complexity index is 464. The van der Waals surface area contributed by atoms with Crippen LogP contribution in [0.1, 0.15) is 19.8 Å². The van der Waals surface area contributed by atoms with E-state index < -0.39 is 31.6 Å². The quantitative estimate of drug-likeness (QED) is 0.554. The Balaban J connectivity index is 4.30. The molecule has 0 fully saturated rings. The topological polar surface area (TPSA) is 88.5 Å². The molecule has 1 N–H and O–H groups in total. The second kappa shape index (κ2) is 6.23. The molecule has 0 aliphatic rings. The van der Waals surface area contributed by atoms with Crippen molar-refractivity contribution in [2.24, 2.45) is 5.92 Å². The number of hydrogen-bond acceptors (Lipinski definition) is 4. The fraction of sp³-hybridized carbons (Fsp3) is 0.778. The van der Waals surface area contributed by atoms with Crippen molar-refractivity contribution in [3.8, 4) is 11.8 Å². The van der Waals surface area contributed by atoms with E-state index in [0.717, 1.165) is 6.26 Å². The zero-order valence-corrected chi connectivity index (χ0v) is 10.9. The van der Waals surface area contributed by atoms with Crippen molar-refractivity contribution in [3.05, 3.63) is 0 Å². The molecule has 0 spiro atoms. The first-order chi connectivity index (χ1) is 7.14. The van der Waals surface area contributed by atoms with Gasteiger partial charge in [0.2, 0.25) is 0 Å². The number of hydrogen-bond donors (Lipinski definition) is 1. The summed E-state index contributed by atoms with van der Waals surface area (Å²) in [6.07, 6.45) is 1.80. The molecule has 0 aromatic heterocycles. The molecule has 1 unspecified atom stereocenters. The summed E-state index contributed by atoms with van der Waals surface area (Å²) in [5, 5.41) is 0. The fourth-order valence-corrected chi connectivity index (χ4v) is 2.70. The lowest BCUT2D eigenvalue weighted by Gasteiger charge is -2.07. The first-order valence-electron chi connectivity index (χ1n) is 4.69. The maximum atomic E-state index is 10.9. The van der Waals surface area contributed by atoms with E-state index in [-0.39, 0.29) is 5.75 Å². The average molecular weight is 268 g/mol. The summed E-state index contributed by atoms with van der Waals surface area (Å²) in [6.45, 7) is 1.56. The Hall–Kier alpha value is -0.580. The van der Waals surface area contributed by atoms with E-state index in [1.54, 1.807) is 6.92 Å². The van der Waals surface area contributed by atoms with Crippen LogP contribution in [0.15, 0.2) is 0 Å². The first-order valence-corrected chi connectivity index (χ1v) is 8.36. The van der Waals surface area contributed by atoms with Gasteiger partial charge in [0.15, 0.2) is 0 Å². The van der Waals surface area contributed by atoms with Crippen molar-refractivity contribution in [3.63, 3.8) is 0 Å². The monoisotopic (exact) mass is 268 g/mol. The van der Waals surface area contributed by atoms with Crippen LogP contribution in [0, 0.1) is 17.8 Å². The van der Waals surface area contributed by atoms with E-state index >= 15 is 0 Å². The molecule has 0 aliphatic heterocycles. The molecule has 0 rings (SSSR count). The van der Waals surface area contributed by atoms with Gasteiger partial charge in [-0.25, -0.2) is 8.42 Å². The van der Waals surface area contributed by atoms with Gasteiger partial charge in [0.05, 0.1) is 5.75 Å². The molecule has 1 atom stereocenters. The highest BCUT2D eigenvalue weighted by Gasteiger charge is 2.15. The molecule has 0 aliphatic carbocycles. The van der Waals surface area contributed by atoms with E-state index in [4.69, 9.17) is 4.55 Å². The summed E-state index contributed by atoms with van der Waals surface area (Å²) in [5.74, 6) is 4.25. The van der Waals surface area contributed by atoms with Gasteiger partial charge in [-0.1, -0.05) is 5.92 Å². The summed E-state index contributed by atoms with van der Waals surface area (Å²) in [6, 6.07) is 0. The van der Waals surface area contributed by atoms with Crippen molar-refractivity contribution < 1.29 is 21.4 Å². The Labute approximate surface area is 96.9 Å².